The molecule has 0 amide bonds. The first-order valence-corrected chi connectivity index (χ1v) is 1.61. The fourth-order valence-electron chi connectivity index (χ4n) is 0.0359. The first-order valence-electron chi connectivity index (χ1n) is 1.23. The van der Waals surface area contributed by atoms with Gasteiger partial charge in [-0.2, -0.15) is 5.26 Å². The van der Waals surface area contributed by atoms with Gasteiger partial charge in [-0.05, 0) is 11.6 Å². The van der Waals surface area contributed by atoms with Gasteiger partial charge in [-0.1, -0.05) is 0 Å². The molecule has 0 saturated carbocycles. The second-order valence-corrected chi connectivity index (χ2v) is 0.996. The predicted octanol–water partition coefficient (Wildman–Crippen LogP) is 0.190. The van der Waals surface area contributed by atoms with Crippen molar-refractivity contribution in [2.45, 2.75) is 0 Å². The Labute approximate surface area is 55.7 Å². The van der Waals surface area contributed by atoms with Crippen molar-refractivity contribution in [1.29, 1.82) is 0 Å². The predicted molar refractivity (Wildman–Crippen MR) is 26.8 cm³/mol. The highest BCUT2D eigenvalue weighted by Crippen LogP contribution is 1.80. The molecule has 0 aliphatic rings. The minimum atomic E-state index is -1.47. The van der Waals surface area contributed by atoms with Crippen LogP contribution < -0.4 is 0 Å². The van der Waals surface area contributed by atoms with Crippen molar-refractivity contribution in [3.63, 3.8) is 0 Å². The summed E-state index contributed by atoms with van der Waals surface area (Å²) in [6.45, 7) is 0. The Morgan fingerprint density at radius 3 is 1.88 bits per heavy atom. The number of hydrogen-bond acceptors (Lipinski definition) is 4. The molecule has 0 unspecified atom stereocenters. The van der Waals surface area contributed by atoms with Gasteiger partial charge >= 0.3 is 11.2 Å². The molecule has 0 atom stereocenters. The summed E-state index contributed by atoms with van der Waals surface area (Å²) < 4.78 is 0. The van der Waals surface area contributed by atoms with Crippen LogP contribution in [0.2, 0.25) is 0 Å². The van der Waals surface area contributed by atoms with E-state index in [0.29, 0.717) is 0 Å². The third-order valence-electron chi connectivity index (χ3n) is 0.243. The quantitative estimate of drug-likeness (QED) is 0.258. The summed E-state index contributed by atoms with van der Waals surface area (Å²) in [7, 11) is 0. The Morgan fingerprint density at radius 2 is 1.88 bits per heavy atom. The first-order chi connectivity index (χ1) is 3.18. The van der Waals surface area contributed by atoms with E-state index in [1.807, 2.05) is 0 Å². The van der Waals surface area contributed by atoms with Gasteiger partial charge in [0.25, 0.3) is 0 Å². The van der Waals surface area contributed by atoms with Gasteiger partial charge in [0.15, 0.2) is 0 Å². The lowest BCUT2D eigenvalue weighted by atomic mass is 10.8. The SMILES string of the molecule is Cl.O=C(Cl)C(=O)OO. The first kappa shape index (κ1) is 10.6. The molecular weight excluding hydrogens is 159 g/mol. The molecule has 0 rings (SSSR count). The van der Waals surface area contributed by atoms with Crippen molar-refractivity contribution >= 4 is 35.2 Å². The molecule has 0 spiro atoms. The summed E-state index contributed by atoms with van der Waals surface area (Å²) in [5.74, 6) is -1.47. The van der Waals surface area contributed by atoms with Crippen LogP contribution in [0.3, 0.4) is 0 Å². The molecule has 0 saturated heterocycles. The van der Waals surface area contributed by atoms with Crippen LogP contribution in [0.1, 0.15) is 0 Å². The van der Waals surface area contributed by atoms with Gasteiger partial charge < -0.3 is 0 Å². The van der Waals surface area contributed by atoms with E-state index in [-0.39, 0.29) is 12.4 Å². The Hall–Kier alpha value is -0.320. The lowest BCUT2D eigenvalue weighted by molar-refractivity contribution is -0.230. The maximum atomic E-state index is 9.56. The second-order valence-electron chi connectivity index (χ2n) is 0.652. The van der Waals surface area contributed by atoms with E-state index in [0.717, 1.165) is 0 Å². The van der Waals surface area contributed by atoms with E-state index in [1.54, 1.807) is 0 Å². The van der Waals surface area contributed by atoms with Crippen LogP contribution in [0.5, 0.6) is 0 Å². The van der Waals surface area contributed by atoms with Gasteiger partial charge in [-0.15, -0.1) is 12.4 Å². The van der Waals surface area contributed by atoms with Crippen LogP contribution in [0.4, 0.5) is 0 Å². The second kappa shape index (κ2) is 4.83. The zero-order chi connectivity index (χ0) is 5.86. The number of halogens is 2. The lowest BCUT2D eigenvalue weighted by Gasteiger charge is -1.81. The van der Waals surface area contributed by atoms with E-state index in [4.69, 9.17) is 5.26 Å². The largest absolute Gasteiger partial charge is 0.424 e. The molecule has 8 heavy (non-hydrogen) atoms. The van der Waals surface area contributed by atoms with Crippen LogP contribution in [0, 0.1) is 0 Å². The molecule has 48 valence electrons. The van der Waals surface area contributed by atoms with Gasteiger partial charge in [-0.25, -0.2) is 4.79 Å². The number of hydrogen-bond donors (Lipinski definition) is 1. The number of rotatable bonds is 1. The van der Waals surface area contributed by atoms with Crippen molar-refractivity contribution < 1.29 is 19.7 Å². The maximum absolute atomic E-state index is 9.56. The van der Waals surface area contributed by atoms with Crippen LogP contribution >= 0.6 is 24.0 Å². The molecule has 0 aliphatic heterocycles. The summed E-state index contributed by atoms with van der Waals surface area (Å²) >= 11 is 4.45. The zero-order valence-electron chi connectivity index (χ0n) is 3.46. The third-order valence-corrected chi connectivity index (χ3v) is 0.398. The molecule has 0 aromatic heterocycles. The minimum Gasteiger partial charge on any atom is -0.291 e. The molecule has 0 aromatic rings. The van der Waals surface area contributed by atoms with Gasteiger partial charge in [0.2, 0.25) is 0 Å². The van der Waals surface area contributed by atoms with Crippen LogP contribution in [-0.4, -0.2) is 16.5 Å². The highest BCUT2D eigenvalue weighted by atomic mass is 35.5. The topological polar surface area (TPSA) is 63.6 Å². The molecular formula is C2H2Cl2O4. The van der Waals surface area contributed by atoms with Crippen molar-refractivity contribution in [2.75, 3.05) is 0 Å². The lowest BCUT2D eigenvalue weighted by Crippen LogP contribution is -2.08. The summed E-state index contributed by atoms with van der Waals surface area (Å²) in [5, 5.41) is 6.01. The van der Waals surface area contributed by atoms with E-state index in [2.05, 4.69) is 16.5 Å². The Morgan fingerprint density at radius 1 is 1.50 bits per heavy atom. The van der Waals surface area contributed by atoms with Gasteiger partial charge in [0.05, 0.1) is 0 Å². The van der Waals surface area contributed by atoms with Crippen LogP contribution in [0.25, 0.3) is 0 Å². The molecule has 1 N–H and O–H groups in total. The summed E-state index contributed by atoms with van der Waals surface area (Å²) in [6, 6.07) is 0. The Balaban J connectivity index is 0. The number of carbonyl (C=O) groups is 2. The number of carbonyl (C=O) groups excluding carboxylic acids is 2. The van der Waals surface area contributed by atoms with E-state index < -0.39 is 11.2 Å². The van der Waals surface area contributed by atoms with Crippen LogP contribution in [-0.2, 0) is 14.5 Å². The summed E-state index contributed by atoms with van der Waals surface area (Å²) in [4.78, 5) is 22.0. The molecule has 0 heterocycles. The maximum Gasteiger partial charge on any atom is 0.424 e. The van der Waals surface area contributed by atoms with Crippen molar-refractivity contribution in [3.05, 3.63) is 0 Å². The normalized spacial score (nSPS) is 6.75. The summed E-state index contributed by atoms with van der Waals surface area (Å²) in [5.41, 5.74) is 0. The molecule has 0 bridgehead atoms. The monoisotopic (exact) mass is 160 g/mol. The summed E-state index contributed by atoms with van der Waals surface area (Å²) in [6.07, 6.45) is 0. The fraction of sp³-hybridized carbons (Fsp3) is 0. The van der Waals surface area contributed by atoms with E-state index >= 15 is 0 Å². The average Bonchev–Trinajstić information content (AvgIpc) is 1.65. The fourth-order valence-corrected chi connectivity index (χ4v) is 0.0704. The van der Waals surface area contributed by atoms with E-state index in [9.17, 15) is 9.59 Å². The standard InChI is InChI=1S/C2HClO4.ClH/c3-1(4)2(5)7-6;/h6H;1H. The van der Waals surface area contributed by atoms with Crippen molar-refractivity contribution in [3.8, 4) is 0 Å². The smallest absolute Gasteiger partial charge is 0.291 e. The van der Waals surface area contributed by atoms with Gasteiger partial charge in [-0.3, -0.25) is 9.68 Å². The Bertz CT molecular complexity index is 100. The Kier molecular flexibility index (Phi) is 6.41. The van der Waals surface area contributed by atoms with Gasteiger partial charge in [0.1, 0.15) is 0 Å². The minimum absolute atomic E-state index is 0. The molecule has 4 nitrogen and oxygen atoms in total. The highest BCUT2D eigenvalue weighted by molar-refractivity contribution is 6.80. The molecule has 0 fully saturated rings. The molecule has 6 heteroatoms. The van der Waals surface area contributed by atoms with Crippen molar-refractivity contribution in [1.82, 2.24) is 0 Å². The van der Waals surface area contributed by atoms with Crippen molar-refractivity contribution in [2.24, 2.45) is 0 Å². The van der Waals surface area contributed by atoms with Crippen LogP contribution in [0.15, 0.2) is 0 Å². The third kappa shape index (κ3) is 3.86. The average molecular weight is 161 g/mol. The zero-order valence-corrected chi connectivity index (χ0v) is 5.03. The molecule has 0 radical (unpaired) electrons. The molecule has 0 aromatic carbocycles. The van der Waals surface area contributed by atoms with Gasteiger partial charge in [0, 0.05) is 0 Å². The molecule has 0 aliphatic carbocycles. The van der Waals surface area contributed by atoms with E-state index in [1.165, 1.54) is 0 Å². The highest BCUT2D eigenvalue weighted by Gasteiger charge is 2.09.